The molecule has 1 aromatic rings. The Balaban J connectivity index is 2.71. The summed E-state index contributed by atoms with van der Waals surface area (Å²) in [6.07, 6.45) is -3.42. The number of benzene rings is 1. The first-order valence-corrected chi connectivity index (χ1v) is 6.06. The van der Waals surface area contributed by atoms with Gasteiger partial charge in [-0.15, -0.1) is 0 Å². The van der Waals surface area contributed by atoms with Crippen molar-refractivity contribution in [1.82, 2.24) is 4.90 Å². The van der Waals surface area contributed by atoms with Crippen LogP contribution in [-0.2, 0) is 12.7 Å². The highest BCUT2D eigenvalue weighted by molar-refractivity contribution is 5.25. The van der Waals surface area contributed by atoms with Gasteiger partial charge in [0.1, 0.15) is 0 Å². The average molecular weight is 260 g/mol. The van der Waals surface area contributed by atoms with Crippen LogP contribution in [0, 0.1) is 0 Å². The summed E-state index contributed by atoms with van der Waals surface area (Å²) in [4.78, 5) is 2.09. The quantitative estimate of drug-likeness (QED) is 0.852. The Morgan fingerprint density at radius 1 is 1.28 bits per heavy atom. The fourth-order valence-corrected chi connectivity index (χ4v) is 1.77. The molecule has 0 radical (unpaired) electrons. The number of hydrogen-bond acceptors (Lipinski definition) is 2. The van der Waals surface area contributed by atoms with Crippen molar-refractivity contribution in [3.05, 3.63) is 35.4 Å². The summed E-state index contributed by atoms with van der Waals surface area (Å²) < 4.78 is 37.7. The van der Waals surface area contributed by atoms with E-state index in [2.05, 4.69) is 4.90 Å². The highest BCUT2D eigenvalue weighted by Crippen LogP contribution is 2.29. The van der Waals surface area contributed by atoms with Crippen LogP contribution in [0.2, 0.25) is 0 Å². The Bertz CT molecular complexity index is 363. The topological polar surface area (TPSA) is 29.3 Å². The smallest absolute Gasteiger partial charge is 0.330 e. The highest BCUT2D eigenvalue weighted by atomic mass is 19.4. The highest BCUT2D eigenvalue weighted by Gasteiger charge is 2.30. The van der Waals surface area contributed by atoms with E-state index in [9.17, 15) is 13.2 Å². The lowest BCUT2D eigenvalue weighted by Gasteiger charge is -2.20. The van der Waals surface area contributed by atoms with Crippen LogP contribution in [0.5, 0.6) is 0 Å². The van der Waals surface area contributed by atoms with E-state index in [1.54, 1.807) is 6.07 Å². The van der Waals surface area contributed by atoms with E-state index in [-0.39, 0.29) is 0 Å². The van der Waals surface area contributed by atoms with E-state index < -0.39 is 11.7 Å². The summed E-state index contributed by atoms with van der Waals surface area (Å²) in [5.74, 6) is 0. The molecule has 0 aliphatic carbocycles. The summed E-state index contributed by atoms with van der Waals surface area (Å²) in [6.45, 7) is 4.73. The largest absolute Gasteiger partial charge is 0.416 e. The van der Waals surface area contributed by atoms with Gasteiger partial charge >= 0.3 is 6.18 Å². The second-order valence-corrected chi connectivity index (χ2v) is 4.21. The number of nitrogens with zero attached hydrogens (tertiary/aromatic N) is 1. The zero-order valence-electron chi connectivity index (χ0n) is 10.5. The van der Waals surface area contributed by atoms with Gasteiger partial charge in [-0.3, -0.25) is 4.90 Å². The van der Waals surface area contributed by atoms with Gasteiger partial charge in [-0.1, -0.05) is 25.1 Å². The maximum absolute atomic E-state index is 12.6. The van der Waals surface area contributed by atoms with Gasteiger partial charge in [0.2, 0.25) is 0 Å². The fraction of sp³-hybridized carbons (Fsp3) is 0.538. The van der Waals surface area contributed by atoms with Crippen LogP contribution in [0.1, 0.15) is 24.5 Å². The second kappa shape index (κ2) is 6.75. The number of nitrogens with two attached hydrogens (primary N) is 1. The van der Waals surface area contributed by atoms with E-state index in [1.165, 1.54) is 12.1 Å². The van der Waals surface area contributed by atoms with Crippen LogP contribution < -0.4 is 5.73 Å². The van der Waals surface area contributed by atoms with Crippen molar-refractivity contribution in [3.63, 3.8) is 0 Å². The van der Waals surface area contributed by atoms with Crippen molar-refractivity contribution >= 4 is 0 Å². The molecule has 0 unspecified atom stereocenters. The predicted octanol–water partition coefficient (Wildman–Crippen LogP) is 2.88. The number of halogens is 3. The third-order valence-electron chi connectivity index (χ3n) is 2.79. The first-order valence-electron chi connectivity index (χ1n) is 6.06. The SMILES string of the molecule is CCN(CCCN)Cc1cccc(C(F)(F)F)c1. The average Bonchev–Trinajstić information content (AvgIpc) is 2.33. The van der Waals surface area contributed by atoms with Crippen molar-refractivity contribution in [3.8, 4) is 0 Å². The first kappa shape index (κ1) is 15.0. The molecule has 0 aromatic heterocycles. The van der Waals surface area contributed by atoms with Crippen molar-refractivity contribution in [1.29, 1.82) is 0 Å². The minimum absolute atomic E-state index is 0.528. The molecule has 2 nitrogen and oxygen atoms in total. The molecule has 0 heterocycles. The van der Waals surface area contributed by atoms with Gasteiger partial charge in [0.15, 0.2) is 0 Å². The lowest BCUT2D eigenvalue weighted by Crippen LogP contribution is -2.25. The monoisotopic (exact) mass is 260 g/mol. The van der Waals surface area contributed by atoms with Gasteiger partial charge in [0.05, 0.1) is 5.56 Å². The molecule has 0 spiro atoms. The molecular weight excluding hydrogens is 241 g/mol. The Morgan fingerprint density at radius 3 is 2.56 bits per heavy atom. The molecule has 1 rings (SSSR count). The molecular formula is C13H19F3N2. The van der Waals surface area contributed by atoms with Gasteiger partial charge in [0, 0.05) is 6.54 Å². The van der Waals surface area contributed by atoms with E-state index in [1.807, 2.05) is 6.92 Å². The maximum Gasteiger partial charge on any atom is 0.416 e. The van der Waals surface area contributed by atoms with E-state index in [4.69, 9.17) is 5.73 Å². The molecule has 0 saturated carbocycles. The molecule has 0 aliphatic heterocycles. The Hall–Kier alpha value is -1.07. The number of hydrogen-bond donors (Lipinski definition) is 1. The third-order valence-corrected chi connectivity index (χ3v) is 2.79. The molecule has 1 aromatic carbocycles. The Morgan fingerprint density at radius 2 is 2.00 bits per heavy atom. The van der Waals surface area contributed by atoms with Crippen molar-refractivity contribution in [2.75, 3.05) is 19.6 Å². The molecule has 0 aliphatic rings. The zero-order valence-corrected chi connectivity index (χ0v) is 10.5. The Labute approximate surface area is 106 Å². The maximum atomic E-state index is 12.6. The van der Waals surface area contributed by atoms with Gasteiger partial charge in [-0.05, 0) is 37.7 Å². The summed E-state index contributed by atoms with van der Waals surface area (Å²) in [5, 5.41) is 0. The van der Waals surface area contributed by atoms with Crippen LogP contribution in [0.15, 0.2) is 24.3 Å². The molecule has 102 valence electrons. The summed E-state index contributed by atoms with van der Waals surface area (Å²) in [6, 6.07) is 5.49. The first-order chi connectivity index (χ1) is 8.47. The third kappa shape index (κ3) is 4.66. The number of rotatable bonds is 6. The normalized spacial score (nSPS) is 12.1. The van der Waals surface area contributed by atoms with Gasteiger partial charge in [-0.25, -0.2) is 0 Å². The Kier molecular flexibility index (Phi) is 5.62. The molecule has 2 N–H and O–H groups in total. The van der Waals surface area contributed by atoms with E-state index in [0.29, 0.717) is 18.7 Å². The molecule has 0 atom stereocenters. The molecule has 0 fully saturated rings. The van der Waals surface area contributed by atoms with Crippen molar-refractivity contribution < 1.29 is 13.2 Å². The summed E-state index contributed by atoms with van der Waals surface area (Å²) in [5.41, 5.74) is 5.53. The molecule has 5 heteroatoms. The lowest BCUT2D eigenvalue weighted by atomic mass is 10.1. The van der Waals surface area contributed by atoms with Gasteiger partial charge < -0.3 is 5.73 Å². The molecule has 0 saturated heterocycles. The van der Waals surface area contributed by atoms with E-state index in [0.717, 1.165) is 25.6 Å². The van der Waals surface area contributed by atoms with Crippen molar-refractivity contribution in [2.45, 2.75) is 26.1 Å². The number of alkyl halides is 3. The zero-order chi connectivity index (χ0) is 13.6. The minimum atomic E-state index is -4.27. The second-order valence-electron chi connectivity index (χ2n) is 4.21. The molecule has 18 heavy (non-hydrogen) atoms. The van der Waals surface area contributed by atoms with Gasteiger partial charge in [-0.2, -0.15) is 13.2 Å². The lowest BCUT2D eigenvalue weighted by molar-refractivity contribution is -0.137. The van der Waals surface area contributed by atoms with Crippen LogP contribution >= 0.6 is 0 Å². The van der Waals surface area contributed by atoms with Crippen LogP contribution in [-0.4, -0.2) is 24.5 Å². The predicted molar refractivity (Wildman–Crippen MR) is 66.1 cm³/mol. The molecule has 0 bridgehead atoms. The van der Waals surface area contributed by atoms with E-state index >= 15 is 0 Å². The van der Waals surface area contributed by atoms with Crippen LogP contribution in [0.4, 0.5) is 13.2 Å². The summed E-state index contributed by atoms with van der Waals surface area (Å²) >= 11 is 0. The van der Waals surface area contributed by atoms with Crippen LogP contribution in [0.25, 0.3) is 0 Å². The standard InChI is InChI=1S/C13H19F3N2/c1-2-18(8-4-7-17)10-11-5-3-6-12(9-11)13(14,15)16/h3,5-6,9H,2,4,7-8,10,17H2,1H3. The molecule has 0 amide bonds. The minimum Gasteiger partial charge on any atom is -0.330 e. The summed E-state index contributed by atoms with van der Waals surface area (Å²) in [7, 11) is 0. The van der Waals surface area contributed by atoms with Crippen molar-refractivity contribution in [2.24, 2.45) is 5.73 Å². The van der Waals surface area contributed by atoms with Gasteiger partial charge in [0.25, 0.3) is 0 Å². The fourth-order valence-electron chi connectivity index (χ4n) is 1.77. The van der Waals surface area contributed by atoms with Crippen LogP contribution in [0.3, 0.4) is 0 Å².